The van der Waals surface area contributed by atoms with Crippen LogP contribution in [0.4, 0.5) is 0 Å². The fourth-order valence-electron chi connectivity index (χ4n) is 1.99. The summed E-state index contributed by atoms with van der Waals surface area (Å²) in [4.78, 5) is 16.2. The van der Waals surface area contributed by atoms with Crippen molar-refractivity contribution in [2.75, 3.05) is 33.2 Å². The molecule has 1 aliphatic carbocycles. The van der Waals surface area contributed by atoms with E-state index in [0.717, 1.165) is 26.2 Å². The first-order valence-corrected chi connectivity index (χ1v) is 5.98. The van der Waals surface area contributed by atoms with E-state index >= 15 is 0 Å². The molecule has 0 radical (unpaired) electrons. The van der Waals surface area contributed by atoms with Crippen LogP contribution in [0.3, 0.4) is 0 Å². The number of halogens is 2. The lowest BCUT2D eigenvalue weighted by molar-refractivity contribution is -0.138. The van der Waals surface area contributed by atoms with E-state index in [9.17, 15) is 4.79 Å². The van der Waals surface area contributed by atoms with Gasteiger partial charge in [-0.2, -0.15) is 0 Å². The zero-order chi connectivity index (χ0) is 11.3. The van der Waals surface area contributed by atoms with Crippen LogP contribution in [0, 0.1) is 5.41 Å². The molecule has 0 unspecified atom stereocenters. The van der Waals surface area contributed by atoms with Crippen LogP contribution in [0.2, 0.25) is 0 Å². The van der Waals surface area contributed by atoms with Gasteiger partial charge in [0.1, 0.15) is 4.33 Å². The first-order chi connectivity index (χ1) is 6.87. The van der Waals surface area contributed by atoms with E-state index in [1.165, 1.54) is 0 Å². The number of carbonyl (C=O) groups excluding carboxylic acids is 1. The molecule has 5 heteroatoms. The van der Waals surface area contributed by atoms with Crippen LogP contribution < -0.4 is 0 Å². The minimum absolute atomic E-state index is 0.112. The van der Waals surface area contributed by atoms with Crippen molar-refractivity contribution in [3.05, 3.63) is 0 Å². The third kappa shape index (κ3) is 1.85. The van der Waals surface area contributed by atoms with Crippen molar-refractivity contribution in [1.29, 1.82) is 0 Å². The molecule has 86 valence electrons. The van der Waals surface area contributed by atoms with Crippen molar-refractivity contribution in [3.8, 4) is 0 Å². The Morgan fingerprint density at radius 3 is 2.07 bits per heavy atom. The van der Waals surface area contributed by atoms with Gasteiger partial charge in [-0.05, 0) is 20.4 Å². The zero-order valence-electron chi connectivity index (χ0n) is 9.09. The van der Waals surface area contributed by atoms with E-state index in [1.807, 2.05) is 11.8 Å². The molecule has 1 aliphatic heterocycles. The second kappa shape index (κ2) is 3.51. The molecule has 15 heavy (non-hydrogen) atoms. The Labute approximate surface area is 100 Å². The van der Waals surface area contributed by atoms with Crippen LogP contribution in [0.1, 0.15) is 13.3 Å². The topological polar surface area (TPSA) is 23.6 Å². The van der Waals surface area contributed by atoms with Crippen molar-refractivity contribution in [2.24, 2.45) is 5.41 Å². The van der Waals surface area contributed by atoms with Gasteiger partial charge in [0.2, 0.25) is 5.91 Å². The standard InChI is InChI=1S/C10H16Cl2N2O/c1-9(7-10(9,11)12)8(15)14-5-3-13(2)4-6-14/h3-7H2,1-2H3/t9-/m0/s1. The van der Waals surface area contributed by atoms with Gasteiger partial charge in [-0.25, -0.2) is 0 Å². The van der Waals surface area contributed by atoms with Crippen molar-refractivity contribution < 1.29 is 4.79 Å². The maximum atomic E-state index is 12.1. The normalized spacial score (nSPS) is 35.3. The van der Waals surface area contributed by atoms with Gasteiger partial charge in [0.05, 0.1) is 5.41 Å². The van der Waals surface area contributed by atoms with Crippen LogP contribution in [0.5, 0.6) is 0 Å². The molecule has 1 saturated carbocycles. The number of hydrogen-bond acceptors (Lipinski definition) is 2. The maximum absolute atomic E-state index is 12.1. The molecule has 0 aromatic carbocycles. The Morgan fingerprint density at radius 1 is 1.20 bits per heavy atom. The van der Waals surface area contributed by atoms with E-state index < -0.39 is 9.75 Å². The molecule has 1 amide bonds. The van der Waals surface area contributed by atoms with Crippen molar-refractivity contribution in [3.63, 3.8) is 0 Å². The second-order valence-corrected chi connectivity index (χ2v) is 6.29. The number of nitrogens with zero attached hydrogens (tertiary/aromatic N) is 2. The van der Waals surface area contributed by atoms with Gasteiger partial charge in [-0.1, -0.05) is 0 Å². The molecule has 1 atom stereocenters. The van der Waals surface area contributed by atoms with Crippen LogP contribution in [0.25, 0.3) is 0 Å². The Morgan fingerprint density at radius 2 is 1.67 bits per heavy atom. The summed E-state index contributed by atoms with van der Waals surface area (Å²) in [5.41, 5.74) is -0.550. The van der Waals surface area contributed by atoms with Gasteiger partial charge in [0.25, 0.3) is 0 Å². The zero-order valence-corrected chi connectivity index (χ0v) is 10.6. The first kappa shape index (κ1) is 11.5. The lowest BCUT2D eigenvalue weighted by Crippen LogP contribution is -2.49. The predicted octanol–water partition coefficient (Wildman–Crippen LogP) is 1.34. The molecule has 0 aromatic rings. The second-order valence-electron chi connectivity index (χ2n) is 4.81. The Balaban J connectivity index is 1.98. The molecule has 1 heterocycles. The largest absolute Gasteiger partial charge is 0.340 e. The summed E-state index contributed by atoms with van der Waals surface area (Å²) in [6.07, 6.45) is 0.578. The summed E-state index contributed by atoms with van der Waals surface area (Å²) in [5.74, 6) is 0.112. The molecule has 0 N–H and O–H groups in total. The molecule has 0 aromatic heterocycles. The van der Waals surface area contributed by atoms with E-state index in [-0.39, 0.29) is 5.91 Å². The lowest BCUT2D eigenvalue weighted by Gasteiger charge is -2.34. The lowest BCUT2D eigenvalue weighted by atomic mass is 10.1. The van der Waals surface area contributed by atoms with Gasteiger partial charge in [-0.3, -0.25) is 4.79 Å². The third-order valence-corrected chi connectivity index (χ3v) is 4.62. The maximum Gasteiger partial charge on any atom is 0.231 e. The predicted molar refractivity (Wildman–Crippen MR) is 61.2 cm³/mol. The Bertz CT molecular complexity index is 287. The quantitative estimate of drug-likeness (QED) is 0.657. The summed E-state index contributed by atoms with van der Waals surface area (Å²) in [7, 11) is 2.06. The van der Waals surface area contributed by atoms with E-state index in [4.69, 9.17) is 23.2 Å². The highest BCUT2D eigenvalue weighted by molar-refractivity contribution is 6.53. The molecule has 1 saturated heterocycles. The summed E-state index contributed by atoms with van der Waals surface area (Å²) >= 11 is 12.0. The number of likely N-dealkylation sites (N-methyl/N-ethyl adjacent to an activating group) is 1. The van der Waals surface area contributed by atoms with Crippen LogP contribution in [-0.4, -0.2) is 53.3 Å². The number of alkyl halides is 2. The monoisotopic (exact) mass is 250 g/mol. The average molecular weight is 251 g/mol. The van der Waals surface area contributed by atoms with Gasteiger partial charge >= 0.3 is 0 Å². The highest BCUT2D eigenvalue weighted by Crippen LogP contribution is 2.64. The fourth-order valence-corrected chi connectivity index (χ4v) is 2.69. The third-order valence-electron chi connectivity index (χ3n) is 3.52. The summed E-state index contributed by atoms with van der Waals surface area (Å²) in [6.45, 7) is 5.29. The number of rotatable bonds is 1. The average Bonchev–Trinajstić information content (AvgIpc) is 2.67. The SMILES string of the molecule is CN1CCN(C(=O)[C@]2(C)CC2(Cl)Cl)CC1. The molecule has 3 nitrogen and oxygen atoms in total. The van der Waals surface area contributed by atoms with Gasteiger partial charge in [0.15, 0.2) is 0 Å². The van der Waals surface area contributed by atoms with Gasteiger partial charge < -0.3 is 9.80 Å². The van der Waals surface area contributed by atoms with Crippen LogP contribution >= 0.6 is 23.2 Å². The highest BCUT2D eigenvalue weighted by Gasteiger charge is 2.68. The molecule has 2 aliphatic rings. The van der Waals surface area contributed by atoms with Crippen LogP contribution in [-0.2, 0) is 4.79 Å². The van der Waals surface area contributed by atoms with E-state index in [0.29, 0.717) is 6.42 Å². The minimum atomic E-state index is -0.840. The van der Waals surface area contributed by atoms with Gasteiger partial charge in [0, 0.05) is 26.2 Å². The molecular weight excluding hydrogens is 235 g/mol. The van der Waals surface area contributed by atoms with Crippen molar-refractivity contribution in [1.82, 2.24) is 9.80 Å². The Kier molecular flexibility index (Phi) is 2.69. The highest BCUT2D eigenvalue weighted by atomic mass is 35.5. The molecule has 0 spiro atoms. The summed E-state index contributed by atoms with van der Waals surface area (Å²) in [5, 5.41) is 0. The van der Waals surface area contributed by atoms with Crippen LogP contribution in [0.15, 0.2) is 0 Å². The smallest absolute Gasteiger partial charge is 0.231 e. The van der Waals surface area contributed by atoms with E-state index in [2.05, 4.69) is 11.9 Å². The number of carbonyl (C=O) groups is 1. The number of hydrogen-bond donors (Lipinski definition) is 0. The van der Waals surface area contributed by atoms with Gasteiger partial charge in [-0.15, -0.1) is 23.2 Å². The Hall–Kier alpha value is 0.01000. The van der Waals surface area contributed by atoms with Crippen molar-refractivity contribution >= 4 is 29.1 Å². The summed E-state index contributed by atoms with van der Waals surface area (Å²) in [6, 6.07) is 0. The minimum Gasteiger partial charge on any atom is -0.340 e. The molecule has 0 bridgehead atoms. The fraction of sp³-hybridized carbons (Fsp3) is 0.900. The molecule has 2 fully saturated rings. The number of piperazine rings is 1. The number of amides is 1. The molecule has 2 rings (SSSR count). The summed E-state index contributed by atoms with van der Waals surface area (Å²) < 4.78 is -0.840. The molecular formula is C10H16Cl2N2O. The first-order valence-electron chi connectivity index (χ1n) is 5.22. The van der Waals surface area contributed by atoms with E-state index in [1.54, 1.807) is 0 Å². The van der Waals surface area contributed by atoms with Crippen molar-refractivity contribution in [2.45, 2.75) is 17.7 Å².